The summed E-state index contributed by atoms with van der Waals surface area (Å²) in [6.45, 7) is 3.52. The molecule has 3 atom stereocenters. The highest BCUT2D eigenvalue weighted by Gasteiger charge is 2.69. The van der Waals surface area contributed by atoms with Gasteiger partial charge in [-0.15, -0.1) is 0 Å². The van der Waals surface area contributed by atoms with Crippen molar-refractivity contribution in [1.82, 2.24) is 5.01 Å². The van der Waals surface area contributed by atoms with Crippen LogP contribution in [-0.4, -0.2) is 33.6 Å². The van der Waals surface area contributed by atoms with Crippen LogP contribution in [0.4, 0.5) is 13.2 Å². The first-order chi connectivity index (χ1) is 11.2. The number of nitrogens with zero attached hydrogens (tertiary/aromatic N) is 2. The summed E-state index contributed by atoms with van der Waals surface area (Å²) in [4.78, 5) is 12.7. The number of hydrazone groups is 1. The second-order valence-corrected chi connectivity index (χ2v) is 6.62. The minimum atomic E-state index is -4.99. The highest BCUT2D eigenvalue weighted by Crippen LogP contribution is 2.49. The molecule has 0 bridgehead atoms. The van der Waals surface area contributed by atoms with E-state index in [1.54, 1.807) is 26.0 Å². The van der Waals surface area contributed by atoms with Crippen molar-refractivity contribution < 1.29 is 23.1 Å². The van der Waals surface area contributed by atoms with Crippen molar-refractivity contribution in [3.05, 3.63) is 35.4 Å². The van der Waals surface area contributed by atoms with Gasteiger partial charge in [0.05, 0.1) is 5.92 Å². The Hall–Kier alpha value is -1.89. The summed E-state index contributed by atoms with van der Waals surface area (Å²) in [5, 5.41) is 14.8. The molecule has 0 saturated heterocycles. The third kappa shape index (κ3) is 2.42. The van der Waals surface area contributed by atoms with E-state index in [-0.39, 0.29) is 28.6 Å². The largest absolute Gasteiger partial charge is 0.439 e. The molecule has 4 nitrogen and oxygen atoms in total. The van der Waals surface area contributed by atoms with Crippen LogP contribution in [0.2, 0.25) is 0 Å². The average molecular weight is 340 g/mol. The number of hydrogen-bond donors (Lipinski definition) is 1. The number of carbonyl (C=O) groups excluding carboxylic acids is 1. The van der Waals surface area contributed by atoms with Crippen molar-refractivity contribution in [2.45, 2.75) is 45.0 Å². The second kappa shape index (κ2) is 5.58. The molecule has 1 aromatic rings. The number of halogens is 3. The number of fused-ring (bicyclic) bond motifs is 1. The molecular formula is C17H19F3N2O2. The fourth-order valence-electron chi connectivity index (χ4n) is 3.60. The summed E-state index contributed by atoms with van der Waals surface area (Å²) in [6, 6.07) is 6.25. The van der Waals surface area contributed by atoms with Crippen LogP contribution in [0.5, 0.6) is 0 Å². The molecule has 1 N–H and O–H groups in total. The maximum atomic E-state index is 13.7. The van der Waals surface area contributed by atoms with Crippen LogP contribution in [0.3, 0.4) is 0 Å². The van der Waals surface area contributed by atoms with Crippen molar-refractivity contribution in [1.29, 1.82) is 0 Å². The van der Waals surface area contributed by atoms with Crippen LogP contribution in [0.1, 0.15) is 42.1 Å². The molecule has 1 amide bonds. The fraction of sp³-hybridized carbons (Fsp3) is 0.529. The Labute approximate surface area is 138 Å². The van der Waals surface area contributed by atoms with E-state index in [0.29, 0.717) is 12.8 Å². The first kappa shape index (κ1) is 17.0. The SMILES string of the molecule is Cc1cccc(C(=O)N2N=C3[C@H](C)CCC[C@@H]3[C@]2(O)C(F)(F)F)c1. The summed E-state index contributed by atoms with van der Waals surface area (Å²) in [7, 11) is 0. The van der Waals surface area contributed by atoms with Gasteiger partial charge in [-0.2, -0.15) is 23.3 Å². The Morgan fingerprint density at radius 1 is 1.38 bits per heavy atom. The Morgan fingerprint density at radius 2 is 2.08 bits per heavy atom. The lowest BCUT2D eigenvalue weighted by atomic mass is 9.75. The number of benzene rings is 1. The van der Waals surface area contributed by atoms with Crippen LogP contribution in [0, 0.1) is 18.8 Å². The van der Waals surface area contributed by atoms with Gasteiger partial charge in [0.1, 0.15) is 0 Å². The zero-order valence-corrected chi connectivity index (χ0v) is 13.5. The van der Waals surface area contributed by atoms with E-state index in [1.165, 1.54) is 12.1 Å². The second-order valence-electron chi connectivity index (χ2n) is 6.62. The molecule has 7 heteroatoms. The van der Waals surface area contributed by atoms with Gasteiger partial charge in [0.2, 0.25) is 0 Å². The molecule has 1 saturated carbocycles. The molecule has 1 fully saturated rings. The topological polar surface area (TPSA) is 52.9 Å². The van der Waals surface area contributed by atoms with Crippen molar-refractivity contribution >= 4 is 11.6 Å². The highest BCUT2D eigenvalue weighted by atomic mass is 19.4. The number of amides is 1. The van der Waals surface area contributed by atoms with E-state index in [0.717, 1.165) is 5.56 Å². The Morgan fingerprint density at radius 3 is 2.71 bits per heavy atom. The Bertz CT molecular complexity index is 701. The van der Waals surface area contributed by atoms with Gasteiger partial charge in [-0.1, -0.05) is 31.0 Å². The van der Waals surface area contributed by atoms with Crippen LogP contribution in [0.25, 0.3) is 0 Å². The molecule has 1 aliphatic heterocycles. The molecule has 2 aliphatic rings. The quantitative estimate of drug-likeness (QED) is 0.851. The number of alkyl halides is 3. The minimum absolute atomic E-state index is 0.0772. The van der Waals surface area contributed by atoms with Gasteiger partial charge in [-0.3, -0.25) is 4.79 Å². The van der Waals surface area contributed by atoms with Crippen molar-refractivity contribution in [3.8, 4) is 0 Å². The summed E-state index contributed by atoms with van der Waals surface area (Å²) >= 11 is 0. The lowest BCUT2D eigenvalue weighted by Crippen LogP contribution is -2.61. The standard InChI is InChI=1S/C17H19F3N2O2/c1-10-5-3-7-12(9-10)15(23)22-16(24,17(18,19)20)13-8-4-6-11(2)14(13)21-22/h3,5,7,9,11,13,24H,4,6,8H2,1-2H3/t11-,13+,16+/m1/s1. The fourth-order valence-corrected chi connectivity index (χ4v) is 3.60. The molecule has 1 heterocycles. The van der Waals surface area contributed by atoms with Gasteiger partial charge in [-0.05, 0) is 37.8 Å². The molecule has 0 aromatic heterocycles. The van der Waals surface area contributed by atoms with E-state index in [2.05, 4.69) is 5.10 Å². The maximum Gasteiger partial charge on any atom is 0.439 e. The van der Waals surface area contributed by atoms with Crippen molar-refractivity contribution in [2.75, 3.05) is 0 Å². The summed E-state index contributed by atoms with van der Waals surface area (Å²) < 4.78 is 41.2. The molecule has 130 valence electrons. The van der Waals surface area contributed by atoms with E-state index < -0.39 is 23.7 Å². The normalized spacial score (nSPS) is 30.1. The van der Waals surface area contributed by atoms with Crippen LogP contribution >= 0.6 is 0 Å². The summed E-state index contributed by atoms with van der Waals surface area (Å²) in [5.41, 5.74) is -2.19. The smallest absolute Gasteiger partial charge is 0.362 e. The number of carbonyl (C=O) groups is 1. The van der Waals surface area contributed by atoms with Gasteiger partial charge in [-0.25, -0.2) is 0 Å². The van der Waals surface area contributed by atoms with E-state index in [9.17, 15) is 23.1 Å². The molecule has 0 spiro atoms. The average Bonchev–Trinajstić information content (AvgIpc) is 2.82. The number of rotatable bonds is 1. The minimum Gasteiger partial charge on any atom is -0.362 e. The Kier molecular flexibility index (Phi) is 3.94. The van der Waals surface area contributed by atoms with Crippen LogP contribution in [0.15, 0.2) is 29.4 Å². The number of hydrogen-bond acceptors (Lipinski definition) is 3. The van der Waals surface area contributed by atoms with Crippen molar-refractivity contribution in [3.63, 3.8) is 0 Å². The summed E-state index contributed by atoms with van der Waals surface area (Å²) in [5.74, 6) is -2.32. The molecule has 1 aliphatic carbocycles. The van der Waals surface area contributed by atoms with Gasteiger partial charge in [0, 0.05) is 11.3 Å². The molecule has 1 aromatic carbocycles. The summed E-state index contributed by atoms with van der Waals surface area (Å²) in [6.07, 6.45) is -3.55. The predicted molar refractivity (Wildman–Crippen MR) is 82.3 cm³/mol. The lowest BCUT2D eigenvalue weighted by Gasteiger charge is -2.39. The number of aryl methyl sites for hydroxylation is 1. The predicted octanol–water partition coefficient (Wildman–Crippen LogP) is 3.49. The lowest BCUT2D eigenvalue weighted by molar-refractivity contribution is -0.312. The Balaban J connectivity index is 2.08. The van der Waals surface area contributed by atoms with Crippen LogP contribution in [-0.2, 0) is 0 Å². The third-order valence-electron chi connectivity index (χ3n) is 4.89. The number of aliphatic hydroxyl groups is 1. The van der Waals surface area contributed by atoms with Crippen LogP contribution < -0.4 is 0 Å². The highest BCUT2D eigenvalue weighted by molar-refractivity contribution is 6.00. The van der Waals surface area contributed by atoms with Gasteiger partial charge in [0.15, 0.2) is 0 Å². The van der Waals surface area contributed by atoms with Crippen molar-refractivity contribution in [2.24, 2.45) is 16.9 Å². The molecular weight excluding hydrogens is 321 g/mol. The van der Waals surface area contributed by atoms with E-state index in [4.69, 9.17) is 0 Å². The molecule has 24 heavy (non-hydrogen) atoms. The third-order valence-corrected chi connectivity index (χ3v) is 4.89. The van der Waals surface area contributed by atoms with Gasteiger partial charge in [0.25, 0.3) is 11.6 Å². The first-order valence-electron chi connectivity index (χ1n) is 7.95. The van der Waals surface area contributed by atoms with Gasteiger partial charge < -0.3 is 5.11 Å². The zero-order valence-electron chi connectivity index (χ0n) is 13.5. The molecule has 0 unspecified atom stereocenters. The molecule has 0 radical (unpaired) electrons. The molecule has 3 rings (SSSR count). The maximum absolute atomic E-state index is 13.7. The van der Waals surface area contributed by atoms with E-state index >= 15 is 0 Å². The zero-order chi connectivity index (χ0) is 17.7. The van der Waals surface area contributed by atoms with E-state index in [1.807, 2.05) is 0 Å². The monoisotopic (exact) mass is 340 g/mol. The van der Waals surface area contributed by atoms with Gasteiger partial charge >= 0.3 is 6.18 Å². The first-order valence-corrected chi connectivity index (χ1v) is 7.95.